The quantitative estimate of drug-likeness (QED) is 0.417. The number of hydrogen-bond donors (Lipinski definition) is 0. The molecular formula is C24H22N2O. The summed E-state index contributed by atoms with van der Waals surface area (Å²) in [5.41, 5.74) is 8.27. The Hall–Kier alpha value is -2.81. The third-order valence-corrected chi connectivity index (χ3v) is 6.67. The topological polar surface area (TPSA) is 29.3 Å². The fraction of sp³-hybridized carbons (Fsp3) is 0.292. The van der Waals surface area contributed by atoms with E-state index >= 15 is 0 Å². The van der Waals surface area contributed by atoms with Crippen LogP contribution in [0.4, 0.5) is 5.69 Å². The molecule has 0 amide bonds. The SMILES string of the molecule is Cc1ccc2c(n1)oc1c(N3C4CC(c5ccccc54)[C@@H]3C)c(C)ccc12. The Kier molecular flexibility index (Phi) is 2.90. The second-order valence-corrected chi connectivity index (χ2v) is 8.15. The van der Waals surface area contributed by atoms with Crippen LogP contribution in [0.25, 0.3) is 22.1 Å². The second-order valence-electron chi connectivity index (χ2n) is 8.15. The lowest BCUT2D eigenvalue weighted by Gasteiger charge is -2.37. The zero-order valence-electron chi connectivity index (χ0n) is 15.9. The predicted molar refractivity (Wildman–Crippen MR) is 109 cm³/mol. The molecule has 2 aromatic carbocycles. The standard InChI is InChI=1S/C24H22N2O/c1-13-8-10-18-19-11-9-14(2)25-24(19)27-23(18)22(13)26-15(3)20-12-21(26)17-7-5-4-6-16(17)20/h4-11,15,20-21H,12H2,1-3H3/t15-,20?,21?/m0/s1. The summed E-state index contributed by atoms with van der Waals surface area (Å²) in [6.07, 6.45) is 1.20. The molecule has 3 heteroatoms. The normalized spacial score (nSPS) is 23.5. The summed E-state index contributed by atoms with van der Waals surface area (Å²) in [5.74, 6) is 0.602. The minimum atomic E-state index is 0.438. The molecule has 2 unspecified atom stereocenters. The van der Waals surface area contributed by atoms with Crippen LogP contribution in [0.5, 0.6) is 0 Å². The van der Waals surface area contributed by atoms with Crippen molar-refractivity contribution in [3.8, 4) is 0 Å². The van der Waals surface area contributed by atoms with Gasteiger partial charge in [-0.2, -0.15) is 0 Å². The van der Waals surface area contributed by atoms with Gasteiger partial charge in [-0.05, 0) is 56.0 Å². The Morgan fingerprint density at radius 1 is 0.963 bits per heavy atom. The molecule has 6 rings (SSSR count). The Labute approximate surface area is 158 Å². The first kappa shape index (κ1) is 15.3. The van der Waals surface area contributed by atoms with Gasteiger partial charge in [0.2, 0.25) is 5.71 Å². The molecule has 3 heterocycles. The number of rotatable bonds is 1. The first-order chi connectivity index (χ1) is 13.1. The number of furan rings is 1. The van der Waals surface area contributed by atoms with Crippen LogP contribution in [-0.4, -0.2) is 11.0 Å². The summed E-state index contributed by atoms with van der Waals surface area (Å²) < 4.78 is 6.35. The van der Waals surface area contributed by atoms with Crippen LogP contribution in [0.1, 0.15) is 47.7 Å². The lowest BCUT2D eigenvalue weighted by atomic mass is 9.92. The summed E-state index contributed by atoms with van der Waals surface area (Å²) in [6.45, 7) is 6.58. The van der Waals surface area contributed by atoms with Crippen LogP contribution in [0.15, 0.2) is 52.9 Å². The maximum atomic E-state index is 6.35. The van der Waals surface area contributed by atoms with E-state index in [0.717, 1.165) is 22.4 Å². The summed E-state index contributed by atoms with van der Waals surface area (Å²) in [5, 5.41) is 2.27. The maximum Gasteiger partial charge on any atom is 0.227 e. The number of pyridine rings is 1. The van der Waals surface area contributed by atoms with Crippen molar-refractivity contribution >= 4 is 27.8 Å². The molecule has 1 aliphatic carbocycles. The summed E-state index contributed by atoms with van der Waals surface area (Å²) in [7, 11) is 0. The molecule has 1 aliphatic heterocycles. The summed E-state index contributed by atoms with van der Waals surface area (Å²) in [4.78, 5) is 7.24. The molecular weight excluding hydrogens is 332 g/mol. The van der Waals surface area contributed by atoms with Gasteiger partial charge >= 0.3 is 0 Å². The largest absolute Gasteiger partial charge is 0.436 e. The monoisotopic (exact) mass is 354 g/mol. The van der Waals surface area contributed by atoms with E-state index in [-0.39, 0.29) is 0 Å². The third-order valence-electron chi connectivity index (χ3n) is 6.67. The van der Waals surface area contributed by atoms with Gasteiger partial charge in [0.15, 0.2) is 5.58 Å². The van der Waals surface area contributed by atoms with Crippen molar-refractivity contribution in [3.05, 3.63) is 70.9 Å². The Morgan fingerprint density at radius 3 is 2.59 bits per heavy atom. The third kappa shape index (κ3) is 1.89. The first-order valence-corrected chi connectivity index (χ1v) is 9.80. The first-order valence-electron chi connectivity index (χ1n) is 9.80. The molecule has 3 atom stereocenters. The van der Waals surface area contributed by atoms with Crippen molar-refractivity contribution in [1.29, 1.82) is 0 Å². The lowest BCUT2D eigenvalue weighted by molar-refractivity contribution is 0.603. The highest BCUT2D eigenvalue weighted by Gasteiger charge is 2.48. The zero-order valence-corrected chi connectivity index (χ0v) is 15.9. The highest BCUT2D eigenvalue weighted by Crippen LogP contribution is 2.56. The van der Waals surface area contributed by atoms with Crippen LogP contribution in [0.2, 0.25) is 0 Å². The number of benzene rings is 2. The van der Waals surface area contributed by atoms with Gasteiger partial charge in [-0.1, -0.05) is 36.4 Å². The summed E-state index contributed by atoms with van der Waals surface area (Å²) >= 11 is 0. The molecule has 0 spiro atoms. The molecule has 1 saturated heterocycles. The van der Waals surface area contributed by atoms with Crippen molar-refractivity contribution in [2.75, 3.05) is 4.90 Å². The zero-order chi connectivity index (χ0) is 18.3. The van der Waals surface area contributed by atoms with Gasteiger partial charge in [-0.15, -0.1) is 0 Å². The van der Waals surface area contributed by atoms with Crippen molar-refractivity contribution in [2.45, 2.75) is 45.2 Å². The van der Waals surface area contributed by atoms with Crippen LogP contribution < -0.4 is 4.90 Å². The molecule has 2 aromatic heterocycles. The van der Waals surface area contributed by atoms with E-state index in [1.807, 2.05) is 6.92 Å². The van der Waals surface area contributed by atoms with E-state index in [1.165, 1.54) is 34.2 Å². The number of aromatic nitrogens is 1. The number of hydrogen-bond acceptors (Lipinski definition) is 3. The predicted octanol–water partition coefficient (Wildman–Crippen LogP) is 6.03. The van der Waals surface area contributed by atoms with Gasteiger partial charge in [0, 0.05) is 28.4 Å². The van der Waals surface area contributed by atoms with Crippen molar-refractivity contribution in [2.24, 2.45) is 0 Å². The highest BCUT2D eigenvalue weighted by atomic mass is 16.3. The summed E-state index contributed by atoms with van der Waals surface area (Å²) in [6, 6.07) is 18.5. The Balaban J connectivity index is 1.62. The van der Waals surface area contributed by atoms with Gasteiger partial charge in [-0.25, -0.2) is 4.98 Å². The van der Waals surface area contributed by atoms with E-state index in [9.17, 15) is 0 Å². The fourth-order valence-corrected chi connectivity index (χ4v) is 5.42. The minimum Gasteiger partial charge on any atom is -0.436 e. The molecule has 0 saturated carbocycles. The van der Waals surface area contributed by atoms with E-state index in [0.29, 0.717) is 18.0 Å². The van der Waals surface area contributed by atoms with Gasteiger partial charge in [-0.3, -0.25) is 0 Å². The van der Waals surface area contributed by atoms with Crippen LogP contribution in [0.3, 0.4) is 0 Å². The lowest BCUT2D eigenvalue weighted by Crippen LogP contribution is -2.35. The maximum absolute atomic E-state index is 6.35. The number of aryl methyl sites for hydroxylation is 2. The van der Waals surface area contributed by atoms with E-state index in [4.69, 9.17) is 4.42 Å². The Bertz CT molecular complexity index is 1220. The average molecular weight is 354 g/mol. The van der Waals surface area contributed by atoms with E-state index in [1.54, 1.807) is 0 Å². The molecule has 27 heavy (non-hydrogen) atoms. The van der Waals surface area contributed by atoms with Gasteiger partial charge in [0.1, 0.15) is 0 Å². The number of nitrogens with zero attached hydrogens (tertiary/aromatic N) is 2. The smallest absolute Gasteiger partial charge is 0.227 e. The molecule has 4 aromatic rings. The number of fused-ring (bicyclic) bond motifs is 8. The van der Waals surface area contributed by atoms with Gasteiger partial charge in [0.25, 0.3) is 0 Å². The van der Waals surface area contributed by atoms with E-state index in [2.05, 4.69) is 72.3 Å². The minimum absolute atomic E-state index is 0.438. The van der Waals surface area contributed by atoms with Gasteiger partial charge in [0.05, 0.1) is 11.7 Å². The van der Waals surface area contributed by atoms with Crippen molar-refractivity contribution < 1.29 is 4.42 Å². The number of anilines is 1. The molecule has 1 fully saturated rings. The van der Waals surface area contributed by atoms with Crippen LogP contribution >= 0.6 is 0 Å². The molecule has 3 nitrogen and oxygen atoms in total. The average Bonchev–Trinajstić information content (AvgIpc) is 3.31. The molecule has 134 valence electrons. The Morgan fingerprint density at radius 2 is 1.74 bits per heavy atom. The highest BCUT2D eigenvalue weighted by molar-refractivity contribution is 6.08. The molecule has 0 radical (unpaired) electrons. The van der Waals surface area contributed by atoms with Gasteiger partial charge < -0.3 is 9.32 Å². The van der Waals surface area contributed by atoms with Crippen molar-refractivity contribution in [3.63, 3.8) is 0 Å². The van der Waals surface area contributed by atoms with Crippen LogP contribution in [-0.2, 0) is 0 Å². The molecule has 2 bridgehead atoms. The molecule has 0 N–H and O–H groups in total. The fourth-order valence-electron chi connectivity index (χ4n) is 5.42. The second kappa shape index (κ2) is 5.13. The van der Waals surface area contributed by atoms with Crippen molar-refractivity contribution in [1.82, 2.24) is 4.98 Å². The van der Waals surface area contributed by atoms with E-state index < -0.39 is 0 Å². The van der Waals surface area contributed by atoms with Crippen LogP contribution in [0, 0.1) is 13.8 Å². The molecule has 2 aliphatic rings.